The zero-order chi connectivity index (χ0) is 13.8. The molecule has 1 aromatic heterocycles. The summed E-state index contributed by atoms with van der Waals surface area (Å²) in [5.74, 6) is 1.53. The Morgan fingerprint density at radius 1 is 1.53 bits per heavy atom. The van der Waals surface area contributed by atoms with E-state index in [4.69, 9.17) is 4.74 Å². The van der Waals surface area contributed by atoms with Crippen LogP contribution in [0.3, 0.4) is 0 Å². The van der Waals surface area contributed by atoms with Gasteiger partial charge in [-0.2, -0.15) is 4.98 Å². The fourth-order valence-electron chi connectivity index (χ4n) is 2.37. The van der Waals surface area contributed by atoms with Gasteiger partial charge >= 0.3 is 0 Å². The molecule has 1 unspecified atom stereocenters. The third kappa shape index (κ3) is 3.81. The Bertz CT molecular complexity index is 407. The Morgan fingerprint density at radius 2 is 2.32 bits per heavy atom. The topological polar surface area (TPSA) is 40.6 Å². The first-order chi connectivity index (χ1) is 9.10. The number of nitrogens with one attached hydrogen (secondary N) is 1. The van der Waals surface area contributed by atoms with Gasteiger partial charge in [0.15, 0.2) is 5.13 Å². The van der Waals surface area contributed by atoms with Crippen molar-refractivity contribution in [3.05, 3.63) is 4.88 Å². The first-order valence-electron chi connectivity index (χ1n) is 6.70. The number of anilines is 1. The van der Waals surface area contributed by atoms with Gasteiger partial charge in [-0.15, -0.1) is 0 Å². The summed E-state index contributed by atoms with van der Waals surface area (Å²) in [6.45, 7) is 4.34. The second-order valence-corrected chi connectivity index (χ2v) is 6.43. The number of aromatic nitrogens is 1. The van der Waals surface area contributed by atoms with Crippen LogP contribution in [-0.2, 0) is 6.54 Å². The minimum Gasteiger partial charge on any atom is -0.480 e. The molecule has 1 N–H and O–H groups in total. The molecule has 1 saturated heterocycles. The number of thiazole rings is 1. The fourth-order valence-corrected chi connectivity index (χ4v) is 3.29. The molecule has 2 rings (SSSR count). The smallest absolute Gasteiger partial charge is 0.230 e. The van der Waals surface area contributed by atoms with E-state index in [9.17, 15) is 0 Å². The quantitative estimate of drug-likeness (QED) is 0.851. The monoisotopic (exact) mass is 284 g/mol. The predicted octanol–water partition coefficient (Wildman–Crippen LogP) is 1.26. The lowest BCUT2D eigenvalue weighted by Gasteiger charge is -2.11. The molecule has 0 aliphatic carbocycles. The van der Waals surface area contributed by atoms with Crippen molar-refractivity contribution in [2.45, 2.75) is 13.0 Å². The van der Waals surface area contributed by atoms with E-state index in [0.717, 1.165) is 30.0 Å². The van der Waals surface area contributed by atoms with E-state index in [2.05, 4.69) is 22.2 Å². The van der Waals surface area contributed by atoms with Crippen molar-refractivity contribution >= 4 is 16.5 Å². The summed E-state index contributed by atoms with van der Waals surface area (Å²) >= 11 is 1.69. The number of rotatable bonds is 6. The van der Waals surface area contributed by atoms with Crippen LogP contribution in [0.5, 0.6) is 5.88 Å². The second-order valence-electron chi connectivity index (χ2n) is 5.37. The lowest BCUT2D eigenvalue weighted by Crippen LogP contribution is -2.24. The maximum Gasteiger partial charge on any atom is 0.230 e. The summed E-state index contributed by atoms with van der Waals surface area (Å²) in [6, 6.07) is 0. The molecule has 0 amide bonds. The molecule has 0 bridgehead atoms. The van der Waals surface area contributed by atoms with Crippen LogP contribution in [0.4, 0.5) is 5.13 Å². The first-order valence-corrected chi connectivity index (χ1v) is 7.52. The minimum atomic E-state index is 0.754. The van der Waals surface area contributed by atoms with Gasteiger partial charge in [0.2, 0.25) is 5.88 Å². The molecule has 0 aromatic carbocycles. The molecule has 2 heterocycles. The lowest BCUT2D eigenvalue weighted by atomic mass is 10.1. The second kappa shape index (κ2) is 6.54. The van der Waals surface area contributed by atoms with Gasteiger partial charge < -0.3 is 19.9 Å². The summed E-state index contributed by atoms with van der Waals surface area (Å²) in [6.07, 6.45) is 1.30. The zero-order valence-corrected chi connectivity index (χ0v) is 13.1. The Kier molecular flexibility index (Phi) is 5.01. The van der Waals surface area contributed by atoms with Crippen LogP contribution in [0.15, 0.2) is 0 Å². The number of methoxy groups -OCH3 is 1. The predicted molar refractivity (Wildman–Crippen MR) is 80.3 cm³/mol. The van der Waals surface area contributed by atoms with E-state index in [0.29, 0.717) is 0 Å². The number of likely N-dealkylation sites (tertiary alicyclic amines) is 1. The maximum absolute atomic E-state index is 5.34. The van der Waals surface area contributed by atoms with E-state index in [1.54, 1.807) is 18.4 Å². The van der Waals surface area contributed by atoms with Gasteiger partial charge in [0, 0.05) is 27.2 Å². The Labute approximate surface area is 119 Å². The van der Waals surface area contributed by atoms with Crippen LogP contribution in [0.2, 0.25) is 0 Å². The van der Waals surface area contributed by atoms with Gasteiger partial charge in [-0.05, 0) is 32.5 Å². The molecule has 1 aromatic rings. The fraction of sp³-hybridized carbons (Fsp3) is 0.769. The van der Waals surface area contributed by atoms with Crippen LogP contribution in [0.25, 0.3) is 0 Å². The SMILES string of the molecule is COc1nc(N(C)C)sc1CNCC1CCN(C)C1. The van der Waals surface area contributed by atoms with Gasteiger partial charge in [-0.3, -0.25) is 0 Å². The van der Waals surface area contributed by atoms with Crippen LogP contribution in [-0.4, -0.2) is 57.8 Å². The summed E-state index contributed by atoms with van der Waals surface area (Å²) in [5.41, 5.74) is 0. The van der Waals surface area contributed by atoms with Crippen molar-refractivity contribution in [3.63, 3.8) is 0 Å². The molecule has 5 nitrogen and oxygen atoms in total. The minimum absolute atomic E-state index is 0.754. The van der Waals surface area contributed by atoms with Gasteiger partial charge in [0.25, 0.3) is 0 Å². The molecule has 6 heteroatoms. The van der Waals surface area contributed by atoms with E-state index in [1.165, 1.54) is 24.4 Å². The van der Waals surface area contributed by atoms with Gasteiger partial charge in [0.05, 0.1) is 12.0 Å². The Morgan fingerprint density at radius 3 is 2.89 bits per heavy atom. The molecule has 1 fully saturated rings. The average Bonchev–Trinajstić information content (AvgIpc) is 2.96. The molecule has 1 aliphatic heterocycles. The van der Waals surface area contributed by atoms with E-state index < -0.39 is 0 Å². The van der Waals surface area contributed by atoms with Gasteiger partial charge in [-0.1, -0.05) is 11.3 Å². The van der Waals surface area contributed by atoms with Crippen LogP contribution < -0.4 is 15.0 Å². The van der Waals surface area contributed by atoms with E-state index in [1.807, 2.05) is 19.0 Å². The van der Waals surface area contributed by atoms with Gasteiger partial charge in [0.1, 0.15) is 0 Å². The molecular weight excluding hydrogens is 260 g/mol. The van der Waals surface area contributed by atoms with Crippen LogP contribution >= 0.6 is 11.3 Å². The largest absolute Gasteiger partial charge is 0.480 e. The highest BCUT2D eigenvalue weighted by Gasteiger charge is 2.19. The third-order valence-electron chi connectivity index (χ3n) is 3.43. The van der Waals surface area contributed by atoms with Crippen molar-refractivity contribution < 1.29 is 4.74 Å². The average molecular weight is 284 g/mol. The van der Waals surface area contributed by atoms with Crippen LogP contribution in [0, 0.1) is 5.92 Å². The van der Waals surface area contributed by atoms with Crippen molar-refractivity contribution in [3.8, 4) is 5.88 Å². The summed E-state index contributed by atoms with van der Waals surface area (Å²) < 4.78 is 5.34. The van der Waals surface area contributed by atoms with Crippen molar-refractivity contribution in [1.82, 2.24) is 15.2 Å². The highest BCUT2D eigenvalue weighted by molar-refractivity contribution is 7.15. The maximum atomic E-state index is 5.34. The van der Waals surface area contributed by atoms with Gasteiger partial charge in [-0.25, -0.2) is 0 Å². The molecule has 0 radical (unpaired) electrons. The third-order valence-corrected chi connectivity index (χ3v) is 4.64. The highest BCUT2D eigenvalue weighted by atomic mass is 32.1. The Hall–Kier alpha value is -0.850. The molecule has 19 heavy (non-hydrogen) atoms. The summed E-state index contributed by atoms with van der Waals surface area (Å²) in [5, 5.41) is 4.53. The van der Waals surface area contributed by atoms with Crippen LogP contribution in [0.1, 0.15) is 11.3 Å². The molecular formula is C13H24N4OS. The Balaban J connectivity index is 1.84. The van der Waals surface area contributed by atoms with Crippen molar-refractivity contribution in [2.24, 2.45) is 5.92 Å². The molecule has 108 valence electrons. The number of hydrogen-bond acceptors (Lipinski definition) is 6. The number of ether oxygens (including phenoxy) is 1. The zero-order valence-electron chi connectivity index (χ0n) is 12.3. The van der Waals surface area contributed by atoms with E-state index >= 15 is 0 Å². The lowest BCUT2D eigenvalue weighted by molar-refractivity contribution is 0.383. The normalized spacial score (nSPS) is 19.9. The van der Waals surface area contributed by atoms with Crippen molar-refractivity contribution in [1.29, 1.82) is 0 Å². The molecule has 0 spiro atoms. The first kappa shape index (κ1) is 14.6. The van der Waals surface area contributed by atoms with Crippen molar-refractivity contribution in [2.75, 3.05) is 52.8 Å². The van der Waals surface area contributed by atoms with E-state index in [-0.39, 0.29) is 0 Å². The number of nitrogens with zero attached hydrogens (tertiary/aromatic N) is 3. The molecule has 0 saturated carbocycles. The standard InChI is InChI=1S/C13H24N4OS/c1-16(2)13-15-12(18-4)11(19-13)8-14-7-10-5-6-17(3)9-10/h10,14H,5-9H2,1-4H3. The molecule has 1 aliphatic rings. The highest BCUT2D eigenvalue weighted by Crippen LogP contribution is 2.30. The summed E-state index contributed by atoms with van der Waals surface area (Å²) in [4.78, 5) is 10.1. The number of hydrogen-bond donors (Lipinski definition) is 1. The summed E-state index contributed by atoms with van der Waals surface area (Å²) in [7, 11) is 7.88. The molecule has 1 atom stereocenters.